The lowest BCUT2D eigenvalue weighted by Gasteiger charge is -2.18. The van der Waals surface area contributed by atoms with Crippen LogP contribution in [0.3, 0.4) is 0 Å². The van der Waals surface area contributed by atoms with E-state index in [-0.39, 0.29) is 0 Å². The van der Waals surface area contributed by atoms with E-state index in [1.165, 1.54) is 0 Å². The molecular weight excluding hydrogens is 238 g/mol. The van der Waals surface area contributed by atoms with Crippen LogP contribution in [-0.4, -0.2) is 26.3 Å². The molecular formula is C16H27NO2. The maximum atomic E-state index is 6.00. The first-order chi connectivity index (χ1) is 9.30. The molecule has 0 radical (unpaired) electrons. The van der Waals surface area contributed by atoms with Gasteiger partial charge in [0.05, 0.1) is 19.8 Å². The van der Waals surface area contributed by atoms with Gasteiger partial charge in [0.25, 0.3) is 0 Å². The van der Waals surface area contributed by atoms with E-state index in [9.17, 15) is 0 Å². The molecule has 3 heteroatoms. The highest BCUT2D eigenvalue weighted by Crippen LogP contribution is 2.14. The quantitative estimate of drug-likeness (QED) is 0.658. The summed E-state index contributed by atoms with van der Waals surface area (Å²) in [5.74, 6) is 0.886. The summed E-state index contributed by atoms with van der Waals surface area (Å²) in [6.45, 7) is 7.02. The summed E-state index contributed by atoms with van der Waals surface area (Å²) < 4.78 is 11.2. The smallest absolute Gasteiger partial charge is 0.119 e. The van der Waals surface area contributed by atoms with Gasteiger partial charge >= 0.3 is 0 Å². The fourth-order valence-corrected chi connectivity index (χ4v) is 1.98. The molecule has 0 aliphatic carbocycles. The third-order valence-corrected chi connectivity index (χ3v) is 3.03. The van der Waals surface area contributed by atoms with Gasteiger partial charge in [0.2, 0.25) is 0 Å². The highest BCUT2D eigenvalue weighted by atomic mass is 16.5. The van der Waals surface area contributed by atoms with Gasteiger partial charge < -0.3 is 14.8 Å². The van der Waals surface area contributed by atoms with Crippen LogP contribution in [-0.2, 0) is 11.3 Å². The third-order valence-electron chi connectivity index (χ3n) is 3.03. The highest BCUT2D eigenvalue weighted by Gasteiger charge is 2.08. The summed E-state index contributed by atoms with van der Waals surface area (Å²) in [5, 5.41) is 3.43. The van der Waals surface area contributed by atoms with Crippen LogP contribution in [0, 0.1) is 0 Å². The second-order valence-corrected chi connectivity index (χ2v) is 4.78. The van der Waals surface area contributed by atoms with Gasteiger partial charge in [-0.25, -0.2) is 0 Å². The molecule has 0 heterocycles. The number of rotatable bonds is 10. The second kappa shape index (κ2) is 9.82. The summed E-state index contributed by atoms with van der Waals surface area (Å²) in [4.78, 5) is 0. The zero-order valence-electron chi connectivity index (χ0n) is 12.4. The molecule has 108 valence electrons. The number of nitrogens with one attached hydrogen (secondary N) is 1. The number of methoxy groups -OCH3 is 1. The summed E-state index contributed by atoms with van der Waals surface area (Å²) >= 11 is 0. The van der Waals surface area contributed by atoms with Crippen LogP contribution in [0.5, 0.6) is 5.75 Å². The van der Waals surface area contributed by atoms with Crippen molar-refractivity contribution in [2.24, 2.45) is 0 Å². The Kier molecular flexibility index (Phi) is 8.26. The monoisotopic (exact) mass is 265 g/mol. The Morgan fingerprint density at radius 3 is 2.74 bits per heavy atom. The summed E-state index contributed by atoms with van der Waals surface area (Å²) in [7, 11) is 1.69. The van der Waals surface area contributed by atoms with Crippen LogP contribution < -0.4 is 10.1 Å². The van der Waals surface area contributed by atoms with Crippen molar-refractivity contribution in [2.75, 3.05) is 20.2 Å². The molecule has 1 N–H and O–H groups in total. The molecule has 3 nitrogen and oxygen atoms in total. The molecule has 1 aromatic carbocycles. The van der Waals surface area contributed by atoms with Crippen molar-refractivity contribution < 1.29 is 9.47 Å². The van der Waals surface area contributed by atoms with Gasteiger partial charge in [0.1, 0.15) is 5.75 Å². The Balaban J connectivity index is 2.40. The molecule has 0 fully saturated rings. The Morgan fingerprint density at radius 1 is 1.21 bits per heavy atom. The van der Waals surface area contributed by atoms with E-state index in [2.05, 4.69) is 25.2 Å². The molecule has 0 saturated carbocycles. The summed E-state index contributed by atoms with van der Waals surface area (Å²) in [6.07, 6.45) is 3.70. The van der Waals surface area contributed by atoms with Gasteiger partial charge in [-0.05, 0) is 37.1 Å². The predicted octanol–water partition coefficient (Wildman–Crippen LogP) is 3.38. The predicted molar refractivity (Wildman–Crippen MR) is 79.6 cm³/mol. The minimum atomic E-state index is 0.294. The number of benzene rings is 1. The van der Waals surface area contributed by atoms with Crippen LogP contribution in [0.15, 0.2) is 24.3 Å². The summed E-state index contributed by atoms with van der Waals surface area (Å²) in [5.41, 5.74) is 1.16. The van der Waals surface area contributed by atoms with Gasteiger partial charge in [0, 0.05) is 6.54 Å². The molecule has 0 bridgehead atoms. The maximum Gasteiger partial charge on any atom is 0.119 e. The van der Waals surface area contributed by atoms with Crippen LogP contribution in [0.2, 0.25) is 0 Å². The maximum absolute atomic E-state index is 6.00. The number of hydrogen-bond donors (Lipinski definition) is 1. The van der Waals surface area contributed by atoms with E-state index in [1.54, 1.807) is 7.11 Å². The van der Waals surface area contributed by atoms with E-state index in [1.807, 2.05) is 18.2 Å². The van der Waals surface area contributed by atoms with Crippen molar-refractivity contribution >= 4 is 0 Å². The molecule has 19 heavy (non-hydrogen) atoms. The lowest BCUT2D eigenvalue weighted by molar-refractivity contribution is 0.0348. The zero-order chi connectivity index (χ0) is 13.9. The van der Waals surface area contributed by atoms with Crippen molar-refractivity contribution in [2.45, 2.75) is 45.8 Å². The fraction of sp³-hybridized carbons (Fsp3) is 0.625. The first-order valence-electron chi connectivity index (χ1n) is 7.25. The summed E-state index contributed by atoms with van der Waals surface area (Å²) in [6, 6.07) is 8.06. The molecule has 0 aliphatic heterocycles. The van der Waals surface area contributed by atoms with E-state index in [4.69, 9.17) is 9.47 Å². The molecule has 0 spiro atoms. The van der Waals surface area contributed by atoms with E-state index in [0.29, 0.717) is 12.7 Å². The lowest BCUT2D eigenvalue weighted by Crippen LogP contribution is -2.29. The van der Waals surface area contributed by atoms with Crippen molar-refractivity contribution in [3.63, 3.8) is 0 Å². The van der Waals surface area contributed by atoms with E-state index < -0.39 is 0 Å². The van der Waals surface area contributed by atoms with Crippen LogP contribution in [0.25, 0.3) is 0 Å². The average Bonchev–Trinajstić information content (AvgIpc) is 2.45. The lowest BCUT2D eigenvalue weighted by atomic mass is 10.2. The molecule has 0 amide bonds. The average molecular weight is 265 g/mol. The Bertz CT molecular complexity index is 341. The SMILES string of the molecule is CCCNCC(CCC)OCc1cccc(OC)c1. The zero-order valence-corrected chi connectivity index (χ0v) is 12.4. The van der Waals surface area contributed by atoms with Crippen LogP contribution >= 0.6 is 0 Å². The molecule has 1 aromatic rings. The van der Waals surface area contributed by atoms with E-state index >= 15 is 0 Å². The second-order valence-electron chi connectivity index (χ2n) is 4.78. The number of ether oxygens (including phenoxy) is 2. The van der Waals surface area contributed by atoms with Gasteiger partial charge in [-0.15, -0.1) is 0 Å². The van der Waals surface area contributed by atoms with Gasteiger partial charge in [0.15, 0.2) is 0 Å². The number of hydrogen-bond acceptors (Lipinski definition) is 3. The minimum absolute atomic E-state index is 0.294. The fourth-order valence-electron chi connectivity index (χ4n) is 1.98. The molecule has 0 aromatic heterocycles. The van der Waals surface area contributed by atoms with Gasteiger partial charge in [-0.3, -0.25) is 0 Å². The van der Waals surface area contributed by atoms with Gasteiger partial charge in [-0.2, -0.15) is 0 Å². The molecule has 1 unspecified atom stereocenters. The first-order valence-corrected chi connectivity index (χ1v) is 7.25. The first kappa shape index (κ1) is 16.0. The molecule has 0 aliphatic rings. The Hall–Kier alpha value is -1.06. The molecule has 1 rings (SSSR count). The molecule has 0 saturated heterocycles. The van der Waals surface area contributed by atoms with Crippen LogP contribution in [0.1, 0.15) is 38.7 Å². The van der Waals surface area contributed by atoms with Crippen molar-refractivity contribution in [1.29, 1.82) is 0 Å². The minimum Gasteiger partial charge on any atom is -0.497 e. The third kappa shape index (κ3) is 6.60. The standard InChI is InChI=1S/C16H27NO2/c1-4-7-16(12-17-10-5-2)19-13-14-8-6-9-15(11-14)18-3/h6,8-9,11,16-17H,4-5,7,10,12-13H2,1-3H3. The highest BCUT2D eigenvalue weighted by molar-refractivity contribution is 5.27. The van der Waals surface area contributed by atoms with Crippen molar-refractivity contribution in [3.8, 4) is 5.75 Å². The van der Waals surface area contributed by atoms with Crippen molar-refractivity contribution in [1.82, 2.24) is 5.32 Å². The normalized spacial score (nSPS) is 12.4. The van der Waals surface area contributed by atoms with Crippen LogP contribution in [0.4, 0.5) is 0 Å². The Morgan fingerprint density at radius 2 is 2.05 bits per heavy atom. The Labute approximate surface area is 117 Å². The van der Waals surface area contributed by atoms with E-state index in [0.717, 1.165) is 43.7 Å². The molecule has 1 atom stereocenters. The van der Waals surface area contributed by atoms with Gasteiger partial charge in [-0.1, -0.05) is 32.4 Å². The topological polar surface area (TPSA) is 30.5 Å². The largest absolute Gasteiger partial charge is 0.497 e. The van der Waals surface area contributed by atoms with Crippen molar-refractivity contribution in [3.05, 3.63) is 29.8 Å².